The van der Waals surface area contributed by atoms with Crippen LogP contribution in [-0.2, 0) is 19.4 Å². The Balaban J connectivity index is 1.48. The minimum Gasteiger partial charge on any atom is -0.504 e. The van der Waals surface area contributed by atoms with Gasteiger partial charge in [0, 0.05) is 36.5 Å². The summed E-state index contributed by atoms with van der Waals surface area (Å²) in [7, 11) is 0. The van der Waals surface area contributed by atoms with Crippen LogP contribution in [0.4, 0.5) is 0 Å². The number of phenolic OH excluding ortho intramolecular Hbond substituents is 1. The normalized spacial score (nSPS) is 16.8. The van der Waals surface area contributed by atoms with Gasteiger partial charge in [0.1, 0.15) is 6.61 Å². The minimum atomic E-state index is 0.178. The van der Waals surface area contributed by atoms with Crippen LogP contribution in [0.15, 0.2) is 42.6 Å². The fourth-order valence-electron chi connectivity index (χ4n) is 4.57. The second-order valence-electron chi connectivity index (χ2n) is 8.08. The molecule has 0 radical (unpaired) electrons. The maximum atomic E-state index is 10.7. The van der Waals surface area contributed by atoms with Crippen molar-refractivity contribution >= 4 is 0 Å². The van der Waals surface area contributed by atoms with E-state index >= 15 is 0 Å². The van der Waals surface area contributed by atoms with E-state index in [2.05, 4.69) is 45.2 Å². The maximum Gasteiger partial charge on any atom is 0.165 e. The number of aromatic nitrogens is 2. The SMILES string of the molecule is Cc1cnc(C)c(-c2cc(O)c3c(c2)CN(C2Cc4ccccc4C2)CCO3)n1. The second-order valence-corrected chi connectivity index (χ2v) is 8.08. The van der Waals surface area contributed by atoms with Gasteiger partial charge in [-0.2, -0.15) is 0 Å². The van der Waals surface area contributed by atoms with Crippen molar-refractivity contribution in [3.8, 4) is 22.8 Å². The fourth-order valence-corrected chi connectivity index (χ4v) is 4.57. The molecule has 5 heteroatoms. The molecule has 0 saturated carbocycles. The average Bonchev–Trinajstić information content (AvgIpc) is 3.02. The van der Waals surface area contributed by atoms with Crippen LogP contribution < -0.4 is 4.74 Å². The van der Waals surface area contributed by atoms with Crippen LogP contribution in [0.25, 0.3) is 11.3 Å². The summed E-state index contributed by atoms with van der Waals surface area (Å²) in [6.45, 7) is 6.07. The van der Waals surface area contributed by atoms with Gasteiger partial charge in [-0.1, -0.05) is 24.3 Å². The topological polar surface area (TPSA) is 58.5 Å². The highest BCUT2D eigenvalue weighted by Crippen LogP contribution is 2.39. The molecule has 148 valence electrons. The fraction of sp³-hybridized carbons (Fsp3) is 0.333. The number of hydrogen-bond acceptors (Lipinski definition) is 5. The lowest BCUT2D eigenvalue weighted by molar-refractivity contribution is 0.172. The van der Waals surface area contributed by atoms with Crippen LogP contribution in [0.5, 0.6) is 11.5 Å². The van der Waals surface area contributed by atoms with Crippen molar-refractivity contribution in [1.82, 2.24) is 14.9 Å². The zero-order chi connectivity index (χ0) is 20.0. The highest BCUT2D eigenvalue weighted by Gasteiger charge is 2.29. The first-order valence-corrected chi connectivity index (χ1v) is 10.2. The first-order chi connectivity index (χ1) is 14.1. The Morgan fingerprint density at radius 1 is 1.07 bits per heavy atom. The first kappa shape index (κ1) is 18.1. The number of aryl methyl sites for hydroxylation is 2. The van der Waals surface area contributed by atoms with E-state index in [1.165, 1.54) is 11.1 Å². The number of fused-ring (bicyclic) bond motifs is 2. The predicted octanol–water partition coefficient (Wildman–Crippen LogP) is 3.83. The van der Waals surface area contributed by atoms with Gasteiger partial charge in [-0.3, -0.25) is 9.88 Å². The van der Waals surface area contributed by atoms with Gasteiger partial charge in [-0.15, -0.1) is 0 Å². The highest BCUT2D eigenvalue weighted by atomic mass is 16.5. The molecule has 5 nitrogen and oxygen atoms in total. The average molecular weight is 387 g/mol. The quantitative estimate of drug-likeness (QED) is 0.724. The molecule has 0 spiro atoms. The Hall–Kier alpha value is -2.92. The Morgan fingerprint density at radius 3 is 2.59 bits per heavy atom. The van der Waals surface area contributed by atoms with Crippen LogP contribution in [-0.4, -0.2) is 39.2 Å². The Bertz CT molecular complexity index is 1050. The molecule has 3 aromatic rings. The van der Waals surface area contributed by atoms with E-state index in [1.54, 1.807) is 12.3 Å². The molecule has 0 atom stereocenters. The molecule has 2 aromatic carbocycles. The molecule has 0 bridgehead atoms. The monoisotopic (exact) mass is 387 g/mol. The van der Waals surface area contributed by atoms with Crippen molar-refractivity contribution in [3.63, 3.8) is 0 Å². The van der Waals surface area contributed by atoms with Gasteiger partial charge in [0.05, 0.1) is 17.1 Å². The minimum absolute atomic E-state index is 0.178. The molecule has 1 aliphatic heterocycles. The van der Waals surface area contributed by atoms with Gasteiger partial charge in [-0.25, -0.2) is 4.98 Å². The molecule has 2 heterocycles. The standard InChI is InChI=1S/C24H25N3O2/c1-15-13-25-16(2)23(26-15)19-9-20-14-27(7-8-29-24(20)22(28)12-19)21-10-17-5-3-4-6-18(17)11-21/h3-6,9,12-13,21,28H,7-8,10-11,14H2,1-2H3. The molecule has 1 N–H and O–H groups in total. The highest BCUT2D eigenvalue weighted by molar-refractivity contribution is 5.68. The van der Waals surface area contributed by atoms with Crippen LogP contribution in [0, 0.1) is 13.8 Å². The van der Waals surface area contributed by atoms with Gasteiger partial charge in [0.25, 0.3) is 0 Å². The maximum absolute atomic E-state index is 10.7. The van der Waals surface area contributed by atoms with Crippen LogP contribution >= 0.6 is 0 Å². The summed E-state index contributed by atoms with van der Waals surface area (Å²) in [5.41, 5.74) is 7.32. The molecule has 0 fully saturated rings. The third kappa shape index (κ3) is 3.36. The van der Waals surface area contributed by atoms with Crippen LogP contribution in [0.3, 0.4) is 0 Å². The largest absolute Gasteiger partial charge is 0.504 e. The van der Waals surface area contributed by atoms with Gasteiger partial charge >= 0.3 is 0 Å². The van der Waals surface area contributed by atoms with Crippen LogP contribution in [0.1, 0.15) is 28.1 Å². The number of nitrogens with zero attached hydrogens (tertiary/aromatic N) is 3. The van der Waals surface area contributed by atoms with Crippen molar-refractivity contribution in [2.24, 2.45) is 0 Å². The van der Waals surface area contributed by atoms with E-state index in [4.69, 9.17) is 4.74 Å². The third-order valence-corrected chi connectivity index (χ3v) is 6.04. The summed E-state index contributed by atoms with van der Waals surface area (Å²) in [4.78, 5) is 11.6. The molecule has 2 aliphatic rings. The molecule has 5 rings (SSSR count). The smallest absolute Gasteiger partial charge is 0.165 e. The Kier molecular flexibility index (Phi) is 4.47. The third-order valence-electron chi connectivity index (χ3n) is 6.04. The zero-order valence-corrected chi connectivity index (χ0v) is 16.9. The lowest BCUT2D eigenvalue weighted by Gasteiger charge is -2.26. The first-order valence-electron chi connectivity index (χ1n) is 10.2. The van der Waals surface area contributed by atoms with E-state index in [9.17, 15) is 5.11 Å². The van der Waals surface area contributed by atoms with Gasteiger partial charge in [0.2, 0.25) is 0 Å². The van der Waals surface area contributed by atoms with Crippen molar-refractivity contribution < 1.29 is 9.84 Å². The molecule has 1 aromatic heterocycles. The molecule has 29 heavy (non-hydrogen) atoms. The zero-order valence-electron chi connectivity index (χ0n) is 16.9. The lowest BCUT2D eigenvalue weighted by atomic mass is 10.0. The van der Waals surface area contributed by atoms with E-state index in [1.807, 2.05) is 13.8 Å². The van der Waals surface area contributed by atoms with Crippen molar-refractivity contribution in [3.05, 3.63) is 70.7 Å². The van der Waals surface area contributed by atoms with Gasteiger partial charge in [0.15, 0.2) is 11.5 Å². The van der Waals surface area contributed by atoms with E-state index in [-0.39, 0.29) is 5.75 Å². The van der Waals surface area contributed by atoms with Gasteiger partial charge in [-0.05, 0) is 49.9 Å². The lowest BCUT2D eigenvalue weighted by Crippen LogP contribution is -2.37. The van der Waals surface area contributed by atoms with Crippen LogP contribution in [0.2, 0.25) is 0 Å². The molecule has 0 saturated heterocycles. The summed E-state index contributed by atoms with van der Waals surface area (Å²) >= 11 is 0. The number of hydrogen-bond donors (Lipinski definition) is 1. The molecule has 0 amide bonds. The number of ether oxygens (including phenoxy) is 1. The van der Waals surface area contributed by atoms with Crippen molar-refractivity contribution in [1.29, 1.82) is 0 Å². The van der Waals surface area contributed by atoms with Gasteiger partial charge < -0.3 is 9.84 Å². The number of rotatable bonds is 2. The molecule has 0 unspecified atom stereocenters. The summed E-state index contributed by atoms with van der Waals surface area (Å²) < 4.78 is 5.96. The number of benzene rings is 2. The Labute approximate surface area is 171 Å². The number of aromatic hydroxyl groups is 1. The Morgan fingerprint density at radius 2 is 1.83 bits per heavy atom. The van der Waals surface area contributed by atoms with E-state index < -0.39 is 0 Å². The summed E-state index contributed by atoms with van der Waals surface area (Å²) in [6, 6.07) is 13.0. The summed E-state index contributed by atoms with van der Waals surface area (Å²) in [5, 5.41) is 10.7. The second kappa shape index (κ2) is 7.16. The number of phenols is 1. The van der Waals surface area contributed by atoms with Crippen molar-refractivity contribution in [2.75, 3.05) is 13.2 Å². The molecular formula is C24H25N3O2. The molecular weight excluding hydrogens is 362 g/mol. The molecule has 1 aliphatic carbocycles. The van der Waals surface area contributed by atoms with E-state index in [0.717, 1.165) is 54.1 Å². The predicted molar refractivity (Wildman–Crippen MR) is 112 cm³/mol. The van der Waals surface area contributed by atoms with Crippen molar-refractivity contribution in [2.45, 2.75) is 39.3 Å². The summed E-state index contributed by atoms with van der Waals surface area (Å²) in [6.07, 6.45) is 3.91. The summed E-state index contributed by atoms with van der Waals surface area (Å²) in [5.74, 6) is 0.779. The van der Waals surface area contributed by atoms with E-state index in [0.29, 0.717) is 18.4 Å².